The van der Waals surface area contributed by atoms with Crippen LogP contribution in [0.15, 0.2) is 0 Å². The number of carbonyl (C=O) groups excluding carboxylic acids is 1. The van der Waals surface area contributed by atoms with E-state index in [1.165, 1.54) is 26.1 Å². The zero-order chi connectivity index (χ0) is 9.26. The van der Waals surface area contributed by atoms with E-state index < -0.39 is 0 Å². The van der Waals surface area contributed by atoms with Gasteiger partial charge in [0, 0.05) is 26.6 Å². The van der Waals surface area contributed by atoms with E-state index in [2.05, 4.69) is 4.90 Å². The van der Waals surface area contributed by atoms with Crippen LogP contribution in [-0.4, -0.2) is 48.9 Å². The van der Waals surface area contributed by atoms with Crippen LogP contribution in [0.4, 0.5) is 0 Å². The molecule has 13 heavy (non-hydrogen) atoms. The molecule has 2 saturated heterocycles. The minimum atomic E-state index is 0.319. The molecule has 2 rings (SSSR count). The topological polar surface area (TPSA) is 23.6 Å². The average Bonchev–Trinajstić information content (AvgIpc) is 2.04. The Morgan fingerprint density at radius 1 is 1.46 bits per heavy atom. The van der Waals surface area contributed by atoms with Crippen molar-refractivity contribution < 1.29 is 4.79 Å². The third kappa shape index (κ3) is 2.02. The molecule has 0 bridgehead atoms. The first-order valence-corrected chi connectivity index (χ1v) is 5.22. The Labute approximate surface area is 79.7 Å². The Morgan fingerprint density at radius 3 is 2.77 bits per heavy atom. The van der Waals surface area contributed by atoms with Gasteiger partial charge in [-0.3, -0.25) is 4.79 Å². The fraction of sp³-hybridized carbons (Fsp3) is 0.900. The predicted octanol–water partition coefficient (Wildman–Crippen LogP) is 0.560. The summed E-state index contributed by atoms with van der Waals surface area (Å²) < 4.78 is 0. The highest BCUT2D eigenvalue weighted by Crippen LogP contribution is 2.19. The SMILES string of the molecule is CN1CC(CN2CCC2)CCC1=O. The summed E-state index contributed by atoms with van der Waals surface area (Å²) in [5.74, 6) is 1.04. The Bertz CT molecular complexity index is 201. The van der Waals surface area contributed by atoms with E-state index in [9.17, 15) is 4.79 Å². The summed E-state index contributed by atoms with van der Waals surface area (Å²) >= 11 is 0. The van der Waals surface area contributed by atoms with Crippen LogP contribution in [0.25, 0.3) is 0 Å². The van der Waals surface area contributed by atoms with Gasteiger partial charge in [-0.05, 0) is 31.8 Å². The zero-order valence-corrected chi connectivity index (χ0v) is 8.33. The van der Waals surface area contributed by atoms with Gasteiger partial charge < -0.3 is 9.80 Å². The van der Waals surface area contributed by atoms with Crippen molar-refractivity contribution in [3.63, 3.8) is 0 Å². The van der Waals surface area contributed by atoms with Crippen LogP contribution in [-0.2, 0) is 4.79 Å². The summed E-state index contributed by atoms with van der Waals surface area (Å²) in [5, 5.41) is 0. The van der Waals surface area contributed by atoms with Crippen molar-refractivity contribution in [3.05, 3.63) is 0 Å². The normalized spacial score (nSPS) is 30.4. The number of rotatable bonds is 2. The lowest BCUT2D eigenvalue weighted by molar-refractivity contribution is -0.133. The molecule has 74 valence electrons. The Hall–Kier alpha value is -0.570. The highest BCUT2D eigenvalue weighted by atomic mass is 16.2. The van der Waals surface area contributed by atoms with Gasteiger partial charge in [0.25, 0.3) is 0 Å². The number of piperidine rings is 1. The van der Waals surface area contributed by atoms with E-state index in [0.29, 0.717) is 5.91 Å². The maximum absolute atomic E-state index is 11.2. The van der Waals surface area contributed by atoms with Gasteiger partial charge in [0.2, 0.25) is 5.91 Å². The number of nitrogens with zero attached hydrogens (tertiary/aromatic N) is 2. The summed E-state index contributed by atoms with van der Waals surface area (Å²) in [5.41, 5.74) is 0. The molecule has 3 heteroatoms. The molecule has 0 saturated carbocycles. The number of hydrogen-bond acceptors (Lipinski definition) is 2. The second-order valence-electron chi connectivity index (χ2n) is 4.33. The van der Waals surface area contributed by atoms with Crippen LogP contribution >= 0.6 is 0 Å². The smallest absolute Gasteiger partial charge is 0.222 e. The number of amides is 1. The molecule has 2 aliphatic heterocycles. The number of hydrogen-bond donors (Lipinski definition) is 0. The van der Waals surface area contributed by atoms with Crippen LogP contribution < -0.4 is 0 Å². The molecule has 0 aromatic carbocycles. The molecule has 0 aromatic heterocycles. The molecule has 3 nitrogen and oxygen atoms in total. The molecular weight excluding hydrogens is 164 g/mol. The lowest BCUT2D eigenvalue weighted by Gasteiger charge is -2.37. The summed E-state index contributed by atoms with van der Waals surface area (Å²) in [4.78, 5) is 15.6. The van der Waals surface area contributed by atoms with Crippen molar-refractivity contribution >= 4 is 5.91 Å². The van der Waals surface area contributed by atoms with E-state index in [1.54, 1.807) is 0 Å². The lowest BCUT2D eigenvalue weighted by atomic mass is 9.96. The molecule has 2 fully saturated rings. The van der Waals surface area contributed by atoms with Crippen molar-refractivity contribution in [2.24, 2.45) is 5.92 Å². The standard InChI is InChI=1S/C10H18N2O/c1-11-7-9(3-4-10(11)13)8-12-5-2-6-12/h9H,2-8H2,1H3. The molecule has 0 aromatic rings. The van der Waals surface area contributed by atoms with Gasteiger partial charge in [-0.1, -0.05) is 0 Å². The molecule has 0 spiro atoms. The maximum atomic E-state index is 11.2. The van der Waals surface area contributed by atoms with E-state index in [4.69, 9.17) is 0 Å². The van der Waals surface area contributed by atoms with Gasteiger partial charge in [-0.15, -0.1) is 0 Å². The minimum absolute atomic E-state index is 0.319. The number of likely N-dealkylation sites (tertiary alicyclic amines) is 2. The van der Waals surface area contributed by atoms with E-state index >= 15 is 0 Å². The van der Waals surface area contributed by atoms with Gasteiger partial charge in [0.15, 0.2) is 0 Å². The molecule has 1 unspecified atom stereocenters. The van der Waals surface area contributed by atoms with Crippen LogP contribution in [0.1, 0.15) is 19.3 Å². The summed E-state index contributed by atoms with van der Waals surface area (Å²) in [7, 11) is 1.92. The largest absolute Gasteiger partial charge is 0.345 e. The molecule has 2 aliphatic rings. The first kappa shape index (κ1) is 9.00. The van der Waals surface area contributed by atoms with Gasteiger partial charge >= 0.3 is 0 Å². The van der Waals surface area contributed by atoms with Gasteiger partial charge in [-0.25, -0.2) is 0 Å². The van der Waals surface area contributed by atoms with E-state index in [0.717, 1.165) is 25.3 Å². The Morgan fingerprint density at radius 2 is 2.23 bits per heavy atom. The molecule has 0 aliphatic carbocycles. The van der Waals surface area contributed by atoms with E-state index in [1.807, 2.05) is 11.9 Å². The molecule has 1 amide bonds. The molecule has 0 radical (unpaired) electrons. The van der Waals surface area contributed by atoms with Gasteiger partial charge in [0.1, 0.15) is 0 Å². The maximum Gasteiger partial charge on any atom is 0.222 e. The van der Waals surface area contributed by atoms with Crippen LogP contribution in [0.3, 0.4) is 0 Å². The van der Waals surface area contributed by atoms with Gasteiger partial charge in [-0.2, -0.15) is 0 Å². The zero-order valence-electron chi connectivity index (χ0n) is 8.33. The highest BCUT2D eigenvalue weighted by molar-refractivity contribution is 5.76. The second-order valence-corrected chi connectivity index (χ2v) is 4.33. The van der Waals surface area contributed by atoms with Crippen LogP contribution in [0, 0.1) is 5.92 Å². The third-order valence-electron chi connectivity index (χ3n) is 3.19. The van der Waals surface area contributed by atoms with Crippen LogP contribution in [0.2, 0.25) is 0 Å². The fourth-order valence-electron chi connectivity index (χ4n) is 2.18. The first-order chi connectivity index (χ1) is 6.25. The number of carbonyl (C=O) groups is 1. The van der Waals surface area contributed by atoms with Crippen molar-refractivity contribution in [1.29, 1.82) is 0 Å². The average molecular weight is 182 g/mol. The van der Waals surface area contributed by atoms with Crippen molar-refractivity contribution in [3.8, 4) is 0 Å². The Kier molecular flexibility index (Phi) is 2.54. The lowest BCUT2D eigenvalue weighted by Crippen LogP contribution is -2.46. The highest BCUT2D eigenvalue weighted by Gasteiger charge is 2.25. The summed E-state index contributed by atoms with van der Waals surface area (Å²) in [6.45, 7) is 4.72. The summed E-state index contributed by atoms with van der Waals surface area (Å²) in [6.07, 6.45) is 3.22. The first-order valence-electron chi connectivity index (χ1n) is 5.22. The minimum Gasteiger partial charge on any atom is -0.345 e. The second kappa shape index (κ2) is 3.66. The van der Waals surface area contributed by atoms with Crippen LogP contribution in [0.5, 0.6) is 0 Å². The van der Waals surface area contributed by atoms with Crippen molar-refractivity contribution in [1.82, 2.24) is 9.80 Å². The fourth-order valence-corrected chi connectivity index (χ4v) is 2.18. The monoisotopic (exact) mass is 182 g/mol. The predicted molar refractivity (Wildman–Crippen MR) is 51.4 cm³/mol. The van der Waals surface area contributed by atoms with Gasteiger partial charge in [0.05, 0.1) is 0 Å². The van der Waals surface area contributed by atoms with Crippen molar-refractivity contribution in [2.75, 3.05) is 33.2 Å². The molecule has 2 heterocycles. The molecule has 1 atom stereocenters. The Balaban J connectivity index is 1.77. The van der Waals surface area contributed by atoms with E-state index in [-0.39, 0.29) is 0 Å². The molecule has 0 N–H and O–H groups in total. The third-order valence-corrected chi connectivity index (χ3v) is 3.19. The summed E-state index contributed by atoms with van der Waals surface area (Å²) in [6, 6.07) is 0. The van der Waals surface area contributed by atoms with Crippen molar-refractivity contribution in [2.45, 2.75) is 19.3 Å². The quantitative estimate of drug-likeness (QED) is 0.623. The molecular formula is C10H18N2O.